The van der Waals surface area contributed by atoms with E-state index in [0.29, 0.717) is 6.04 Å². The Morgan fingerprint density at radius 3 is 2.70 bits per heavy atom. The Bertz CT molecular complexity index is 700. The van der Waals surface area contributed by atoms with Crippen LogP contribution < -0.4 is 5.32 Å². The van der Waals surface area contributed by atoms with E-state index in [4.69, 9.17) is 0 Å². The molecule has 20 heavy (non-hydrogen) atoms. The van der Waals surface area contributed by atoms with Crippen molar-refractivity contribution >= 4 is 26.8 Å². The summed E-state index contributed by atoms with van der Waals surface area (Å²) in [6.07, 6.45) is 1.98. The molecule has 1 atom stereocenters. The van der Waals surface area contributed by atoms with Gasteiger partial charge >= 0.3 is 0 Å². The molecule has 0 aliphatic rings. The lowest BCUT2D eigenvalue weighted by atomic mass is 10.1. The molecule has 2 nitrogen and oxygen atoms in total. The summed E-state index contributed by atoms with van der Waals surface area (Å²) in [4.78, 5) is 3.22. The number of aromatic nitrogens is 1. The normalized spacial score (nSPS) is 12.7. The molecular formula is C17H17BrN2. The van der Waals surface area contributed by atoms with Gasteiger partial charge in [-0.15, -0.1) is 0 Å². The minimum absolute atomic E-state index is 0.338. The van der Waals surface area contributed by atoms with Crippen LogP contribution in [0.2, 0.25) is 0 Å². The van der Waals surface area contributed by atoms with Crippen LogP contribution in [0.25, 0.3) is 10.9 Å². The molecule has 1 unspecified atom stereocenters. The molecule has 0 fully saturated rings. The molecular weight excluding hydrogens is 312 g/mol. The number of H-pyrrole nitrogens is 1. The van der Waals surface area contributed by atoms with Crippen LogP contribution in [0.3, 0.4) is 0 Å². The number of rotatable bonds is 4. The van der Waals surface area contributed by atoms with Gasteiger partial charge < -0.3 is 10.3 Å². The van der Waals surface area contributed by atoms with E-state index >= 15 is 0 Å². The van der Waals surface area contributed by atoms with Crippen LogP contribution in [0, 0.1) is 0 Å². The van der Waals surface area contributed by atoms with Crippen molar-refractivity contribution in [3.8, 4) is 0 Å². The first kappa shape index (κ1) is 13.4. The molecule has 0 amide bonds. The van der Waals surface area contributed by atoms with E-state index in [1.165, 1.54) is 22.0 Å². The van der Waals surface area contributed by atoms with E-state index in [-0.39, 0.29) is 0 Å². The van der Waals surface area contributed by atoms with Crippen molar-refractivity contribution in [1.82, 2.24) is 10.3 Å². The number of benzene rings is 2. The highest BCUT2D eigenvalue weighted by molar-refractivity contribution is 9.10. The van der Waals surface area contributed by atoms with Gasteiger partial charge in [0.25, 0.3) is 0 Å². The van der Waals surface area contributed by atoms with Crippen LogP contribution in [0.1, 0.15) is 24.1 Å². The Hall–Kier alpha value is -1.58. The van der Waals surface area contributed by atoms with E-state index in [0.717, 1.165) is 11.0 Å². The standard InChI is InChI=1S/C17H17BrN2/c1-12(14-3-5-16(18)6-4-14)20-11-13-2-7-17-15(10-13)8-9-19-17/h2-10,12,19-20H,11H2,1H3. The predicted molar refractivity (Wildman–Crippen MR) is 87.7 cm³/mol. The van der Waals surface area contributed by atoms with Crippen molar-refractivity contribution in [3.05, 3.63) is 70.3 Å². The van der Waals surface area contributed by atoms with Gasteiger partial charge in [-0.05, 0) is 53.8 Å². The van der Waals surface area contributed by atoms with Crippen LogP contribution in [-0.2, 0) is 6.54 Å². The Morgan fingerprint density at radius 1 is 1.10 bits per heavy atom. The zero-order valence-electron chi connectivity index (χ0n) is 11.4. The monoisotopic (exact) mass is 328 g/mol. The van der Waals surface area contributed by atoms with E-state index in [2.05, 4.69) is 81.7 Å². The van der Waals surface area contributed by atoms with Gasteiger partial charge in [0.05, 0.1) is 0 Å². The first-order valence-corrected chi connectivity index (χ1v) is 7.56. The maximum atomic E-state index is 3.57. The third kappa shape index (κ3) is 2.94. The Labute approximate surface area is 127 Å². The topological polar surface area (TPSA) is 27.8 Å². The Kier molecular flexibility index (Phi) is 3.90. The van der Waals surface area contributed by atoms with E-state index in [1.807, 2.05) is 6.20 Å². The molecule has 0 bridgehead atoms. The highest BCUT2D eigenvalue weighted by Crippen LogP contribution is 2.18. The Morgan fingerprint density at radius 2 is 1.90 bits per heavy atom. The number of hydrogen-bond acceptors (Lipinski definition) is 1. The molecule has 2 N–H and O–H groups in total. The molecule has 3 rings (SSSR count). The van der Waals surface area contributed by atoms with Crippen LogP contribution in [0.5, 0.6) is 0 Å². The number of nitrogens with one attached hydrogen (secondary N) is 2. The van der Waals surface area contributed by atoms with Gasteiger partial charge in [-0.1, -0.05) is 34.1 Å². The van der Waals surface area contributed by atoms with Crippen LogP contribution in [0.4, 0.5) is 0 Å². The van der Waals surface area contributed by atoms with Crippen LogP contribution in [-0.4, -0.2) is 4.98 Å². The first-order chi connectivity index (χ1) is 9.72. The molecule has 1 aromatic heterocycles. The maximum Gasteiger partial charge on any atom is 0.0454 e. The SMILES string of the molecule is CC(NCc1ccc2[nH]ccc2c1)c1ccc(Br)cc1. The summed E-state index contributed by atoms with van der Waals surface area (Å²) in [7, 11) is 0. The van der Waals surface area contributed by atoms with Crippen molar-refractivity contribution < 1.29 is 0 Å². The second-order valence-electron chi connectivity index (χ2n) is 5.05. The van der Waals surface area contributed by atoms with Crippen molar-refractivity contribution in [2.75, 3.05) is 0 Å². The molecule has 0 aliphatic heterocycles. The van der Waals surface area contributed by atoms with Gasteiger partial charge in [-0.3, -0.25) is 0 Å². The lowest BCUT2D eigenvalue weighted by Gasteiger charge is -2.14. The van der Waals surface area contributed by atoms with E-state index < -0.39 is 0 Å². The van der Waals surface area contributed by atoms with Crippen molar-refractivity contribution in [1.29, 1.82) is 0 Å². The number of hydrogen-bond donors (Lipinski definition) is 2. The minimum atomic E-state index is 0.338. The van der Waals surface area contributed by atoms with Crippen LogP contribution >= 0.6 is 15.9 Å². The second kappa shape index (κ2) is 5.81. The second-order valence-corrected chi connectivity index (χ2v) is 5.97. The summed E-state index contributed by atoms with van der Waals surface area (Å²) < 4.78 is 1.12. The Balaban J connectivity index is 1.67. The molecule has 2 aromatic carbocycles. The fourth-order valence-electron chi connectivity index (χ4n) is 2.35. The number of fused-ring (bicyclic) bond motifs is 1. The smallest absolute Gasteiger partial charge is 0.0454 e. The summed E-state index contributed by atoms with van der Waals surface area (Å²) >= 11 is 3.47. The minimum Gasteiger partial charge on any atom is -0.361 e. The number of halogens is 1. The zero-order valence-corrected chi connectivity index (χ0v) is 12.9. The van der Waals surface area contributed by atoms with Gasteiger partial charge in [0.1, 0.15) is 0 Å². The fourth-order valence-corrected chi connectivity index (χ4v) is 2.62. The molecule has 3 aromatic rings. The van der Waals surface area contributed by atoms with Gasteiger partial charge in [0.15, 0.2) is 0 Å². The van der Waals surface area contributed by atoms with Gasteiger partial charge in [-0.2, -0.15) is 0 Å². The molecule has 0 aliphatic carbocycles. The molecule has 0 saturated carbocycles. The molecule has 0 spiro atoms. The van der Waals surface area contributed by atoms with Crippen molar-refractivity contribution in [2.24, 2.45) is 0 Å². The third-order valence-corrected chi connectivity index (χ3v) is 4.13. The largest absolute Gasteiger partial charge is 0.361 e. The summed E-state index contributed by atoms with van der Waals surface area (Å²) in [6.45, 7) is 3.07. The van der Waals surface area contributed by atoms with E-state index in [1.54, 1.807) is 0 Å². The van der Waals surface area contributed by atoms with Crippen molar-refractivity contribution in [2.45, 2.75) is 19.5 Å². The van der Waals surface area contributed by atoms with E-state index in [9.17, 15) is 0 Å². The van der Waals surface area contributed by atoms with Crippen LogP contribution in [0.15, 0.2) is 59.2 Å². The average Bonchev–Trinajstić information content (AvgIpc) is 2.93. The molecule has 102 valence electrons. The highest BCUT2D eigenvalue weighted by atomic mass is 79.9. The average molecular weight is 329 g/mol. The zero-order chi connectivity index (χ0) is 13.9. The maximum absolute atomic E-state index is 3.57. The van der Waals surface area contributed by atoms with Gasteiger partial charge in [0.2, 0.25) is 0 Å². The lowest BCUT2D eigenvalue weighted by Crippen LogP contribution is -2.17. The summed E-state index contributed by atoms with van der Waals surface area (Å²) in [6, 6.07) is 17.4. The summed E-state index contributed by atoms with van der Waals surface area (Å²) in [5, 5.41) is 4.83. The highest BCUT2D eigenvalue weighted by Gasteiger charge is 2.05. The lowest BCUT2D eigenvalue weighted by molar-refractivity contribution is 0.575. The molecule has 1 heterocycles. The molecule has 3 heteroatoms. The summed E-state index contributed by atoms with van der Waals surface area (Å²) in [5.74, 6) is 0. The molecule has 0 radical (unpaired) electrons. The first-order valence-electron chi connectivity index (χ1n) is 6.77. The third-order valence-electron chi connectivity index (χ3n) is 3.60. The number of aromatic amines is 1. The predicted octanol–water partition coefficient (Wildman–Crippen LogP) is 4.78. The van der Waals surface area contributed by atoms with Crippen molar-refractivity contribution in [3.63, 3.8) is 0 Å². The van der Waals surface area contributed by atoms with Gasteiger partial charge in [0, 0.05) is 28.8 Å². The summed E-state index contributed by atoms with van der Waals surface area (Å²) in [5.41, 5.74) is 3.80. The molecule has 0 saturated heterocycles. The van der Waals surface area contributed by atoms with Gasteiger partial charge in [-0.25, -0.2) is 0 Å². The fraction of sp³-hybridized carbons (Fsp3) is 0.176. The quantitative estimate of drug-likeness (QED) is 0.708.